The fraction of sp³-hybridized carbons (Fsp3) is 0.500. The molecule has 1 saturated carbocycles. The summed E-state index contributed by atoms with van der Waals surface area (Å²) >= 11 is 6.37. The molecule has 4 heterocycles. The lowest BCUT2D eigenvalue weighted by atomic mass is 9.94. The lowest BCUT2D eigenvalue weighted by molar-refractivity contribution is -0.132. The molecule has 3 atom stereocenters. The number of rotatable bonds is 8. The van der Waals surface area contributed by atoms with Crippen LogP contribution in [0.1, 0.15) is 48.9 Å². The zero-order valence-corrected chi connectivity index (χ0v) is 22.5. The number of fused-ring (bicyclic) bond motifs is 1. The Kier molecular flexibility index (Phi) is 6.47. The molecule has 1 aliphatic heterocycles. The second-order valence-electron chi connectivity index (χ2n) is 10.0. The Morgan fingerprint density at radius 3 is 2.76 bits per heavy atom. The zero-order chi connectivity index (χ0) is 26.5. The van der Waals surface area contributed by atoms with E-state index in [1.165, 1.54) is 6.20 Å². The molecular formula is C26H32ClN7O3. The van der Waals surface area contributed by atoms with Gasteiger partial charge in [0.2, 0.25) is 11.8 Å². The molecule has 196 valence electrons. The van der Waals surface area contributed by atoms with Crippen LogP contribution in [0.4, 0.5) is 5.82 Å². The predicted molar refractivity (Wildman–Crippen MR) is 140 cm³/mol. The van der Waals surface area contributed by atoms with Crippen LogP contribution in [0, 0.1) is 12.3 Å². The van der Waals surface area contributed by atoms with E-state index in [0.29, 0.717) is 28.6 Å². The Labute approximate surface area is 221 Å². The number of hydrogen-bond donors (Lipinski definition) is 1. The van der Waals surface area contributed by atoms with E-state index in [-0.39, 0.29) is 23.3 Å². The van der Waals surface area contributed by atoms with Crippen molar-refractivity contribution >= 4 is 23.3 Å². The number of anilines is 1. The van der Waals surface area contributed by atoms with Gasteiger partial charge in [0.05, 0.1) is 30.9 Å². The molecule has 10 nitrogen and oxygen atoms in total. The summed E-state index contributed by atoms with van der Waals surface area (Å²) in [6.45, 7) is 4.55. The standard InChI is InChI=1S/C26H32ClN7O3/c1-14(17-11-21(36-4)29-13-19(17)27)24(35)34-9-8-26(12-20(26)34)7-6-16-10-18(15(2)30-22(16)28)23-31-25(37-5)33(3)32-23/h10-11,13-14,20H,6-9,12H2,1-5H3,(H2,28,30)/t14-,20?,26-/m1/s1. The highest BCUT2D eigenvalue weighted by Crippen LogP contribution is 2.60. The van der Waals surface area contributed by atoms with Crippen molar-refractivity contribution in [3.05, 3.63) is 40.2 Å². The van der Waals surface area contributed by atoms with E-state index in [4.69, 9.17) is 26.8 Å². The van der Waals surface area contributed by atoms with Gasteiger partial charge >= 0.3 is 6.01 Å². The number of halogens is 1. The number of hydrogen-bond acceptors (Lipinski definition) is 8. The lowest BCUT2D eigenvalue weighted by Crippen LogP contribution is -2.34. The molecular weight excluding hydrogens is 494 g/mol. The van der Waals surface area contributed by atoms with E-state index in [9.17, 15) is 4.79 Å². The van der Waals surface area contributed by atoms with Crippen LogP contribution in [0.25, 0.3) is 11.4 Å². The summed E-state index contributed by atoms with van der Waals surface area (Å²) < 4.78 is 12.1. The van der Waals surface area contributed by atoms with Crippen molar-refractivity contribution in [3.63, 3.8) is 0 Å². The van der Waals surface area contributed by atoms with E-state index < -0.39 is 0 Å². The van der Waals surface area contributed by atoms with E-state index >= 15 is 0 Å². The molecule has 0 aromatic carbocycles. The third-order valence-electron chi connectivity index (χ3n) is 7.93. The number of likely N-dealkylation sites (tertiary alicyclic amines) is 1. The quantitative estimate of drug-likeness (QED) is 0.474. The Morgan fingerprint density at radius 2 is 2.08 bits per heavy atom. The molecule has 0 spiro atoms. The zero-order valence-electron chi connectivity index (χ0n) is 21.8. The summed E-state index contributed by atoms with van der Waals surface area (Å²) in [4.78, 5) is 28.6. The van der Waals surface area contributed by atoms with E-state index in [1.54, 1.807) is 32.0 Å². The number of pyridine rings is 2. The molecule has 1 saturated heterocycles. The smallest absolute Gasteiger partial charge is 0.314 e. The summed E-state index contributed by atoms with van der Waals surface area (Å²) in [5.74, 6) is 1.26. The van der Waals surface area contributed by atoms with Crippen molar-refractivity contribution in [2.45, 2.75) is 51.5 Å². The highest BCUT2D eigenvalue weighted by Gasteiger charge is 2.61. The number of methoxy groups -OCH3 is 2. The second kappa shape index (κ2) is 9.48. The molecule has 37 heavy (non-hydrogen) atoms. The van der Waals surface area contributed by atoms with Gasteiger partial charge in [-0.2, -0.15) is 4.98 Å². The normalized spacial score (nSPS) is 21.0. The largest absolute Gasteiger partial charge is 0.481 e. The van der Waals surface area contributed by atoms with E-state index in [2.05, 4.69) is 20.1 Å². The van der Waals surface area contributed by atoms with Gasteiger partial charge in [-0.1, -0.05) is 11.6 Å². The van der Waals surface area contributed by atoms with Gasteiger partial charge in [-0.15, -0.1) is 5.10 Å². The van der Waals surface area contributed by atoms with Crippen molar-refractivity contribution in [1.82, 2.24) is 29.6 Å². The third kappa shape index (κ3) is 4.47. The minimum absolute atomic E-state index is 0.0912. The lowest BCUT2D eigenvalue weighted by Gasteiger charge is -2.23. The van der Waals surface area contributed by atoms with Crippen LogP contribution in [-0.4, -0.2) is 62.3 Å². The van der Waals surface area contributed by atoms with Gasteiger partial charge in [-0.25, -0.2) is 14.6 Å². The SMILES string of the molecule is COc1cc([C@@H](C)C(=O)N2CC[C@]3(CCc4cc(-c5nc(OC)n(C)n5)c(C)nc4N)CC23)c(Cl)cn1. The molecule has 3 aromatic heterocycles. The highest BCUT2D eigenvalue weighted by molar-refractivity contribution is 6.31. The van der Waals surface area contributed by atoms with Crippen molar-refractivity contribution in [2.24, 2.45) is 12.5 Å². The average Bonchev–Trinajstić information content (AvgIpc) is 3.28. The van der Waals surface area contributed by atoms with Crippen LogP contribution in [0.15, 0.2) is 18.3 Å². The first-order chi connectivity index (χ1) is 17.7. The molecule has 2 fully saturated rings. The van der Waals surface area contributed by atoms with Crippen LogP contribution in [0.2, 0.25) is 5.02 Å². The Hall–Kier alpha value is -3.40. The number of ether oxygens (including phenoxy) is 2. The van der Waals surface area contributed by atoms with Crippen LogP contribution in [0.3, 0.4) is 0 Å². The molecule has 0 radical (unpaired) electrons. The Balaban J connectivity index is 1.28. The number of amides is 1. The summed E-state index contributed by atoms with van der Waals surface area (Å²) in [6, 6.07) is 4.46. The van der Waals surface area contributed by atoms with Gasteiger partial charge in [-0.05, 0) is 62.1 Å². The number of aryl methyl sites for hydroxylation is 3. The van der Waals surface area contributed by atoms with Crippen LogP contribution >= 0.6 is 11.6 Å². The topological polar surface area (TPSA) is 121 Å². The number of nitrogens with zero attached hydrogens (tertiary/aromatic N) is 6. The number of aromatic nitrogens is 5. The van der Waals surface area contributed by atoms with Crippen molar-refractivity contribution < 1.29 is 14.3 Å². The molecule has 1 unspecified atom stereocenters. The predicted octanol–water partition coefficient (Wildman–Crippen LogP) is 3.56. The maximum atomic E-state index is 13.4. The number of nitrogens with two attached hydrogens (primary N) is 1. The number of piperidine rings is 1. The molecule has 11 heteroatoms. The molecule has 3 aromatic rings. The van der Waals surface area contributed by atoms with Crippen LogP contribution in [0.5, 0.6) is 11.9 Å². The summed E-state index contributed by atoms with van der Waals surface area (Å²) in [5, 5.41) is 4.94. The van der Waals surface area contributed by atoms with Crippen molar-refractivity contribution in [3.8, 4) is 23.3 Å². The number of carbonyl (C=O) groups excluding carboxylic acids is 1. The van der Waals surface area contributed by atoms with Gasteiger partial charge in [0, 0.05) is 37.5 Å². The summed E-state index contributed by atoms with van der Waals surface area (Å²) in [5.41, 5.74) is 9.77. The van der Waals surface area contributed by atoms with E-state index in [1.807, 2.05) is 24.8 Å². The van der Waals surface area contributed by atoms with Crippen LogP contribution < -0.4 is 15.2 Å². The maximum absolute atomic E-state index is 13.4. The van der Waals surface area contributed by atoms with Gasteiger partial charge < -0.3 is 20.1 Å². The minimum Gasteiger partial charge on any atom is -0.481 e. The van der Waals surface area contributed by atoms with Gasteiger partial charge in [0.1, 0.15) is 5.82 Å². The Morgan fingerprint density at radius 1 is 1.30 bits per heavy atom. The molecule has 2 N–H and O–H groups in total. The average molecular weight is 526 g/mol. The third-order valence-corrected chi connectivity index (χ3v) is 8.24. The fourth-order valence-electron chi connectivity index (χ4n) is 5.59. The van der Waals surface area contributed by atoms with Crippen molar-refractivity contribution in [2.75, 3.05) is 26.5 Å². The Bertz CT molecular complexity index is 1360. The van der Waals surface area contributed by atoms with Gasteiger partial charge in [0.25, 0.3) is 0 Å². The van der Waals surface area contributed by atoms with Gasteiger partial charge in [0.15, 0.2) is 5.82 Å². The minimum atomic E-state index is -0.372. The maximum Gasteiger partial charge on any atom is 0.314 e. The summed E-state index contributed by atoms with van der Waals surface area (Å²) in [7, 11) is 4.90. The highest BCUT2D eigenvalue weighted by atomic mass is 35.5. The van der Waals surface area contributed by atoms with E-state index in [0.717, 1.165) is 54.6 Å². The van der Waals surface area contributed by atoms with Gasteiger partial charge in [-0.3, -0.25) is 4.79 Å². The molecule has 5 rings (SSSR count). The first-order valence-corrected chi connectivity index (χ1v) is 12.8. The summed E-state index contributed by atoms with van der Waals surface area (Å²) in [6.07, 6.45) is 5.23. The molecule has 1 amide bonds. The first-order valence-electron chi connectivity index (χ1n) is 12.4. The molecule has 0 bridgehead atoms. The fourth-order valence-corrected chi connectivity index (χ4v) is 5.86. The van der Waals surface area contributed by atoms with Crippen molar-refractivity contribution in [1.29, 1.82) is 0 Å². The number of carbonyl (C=O) groups is 1. The molecule has 2 aliphatic rings. The first kappa shape index (κ1) is 25.3. The van der Waals surface area contributed by atoms with Crippen LogP contribution in [-0.2, 0) is 18.3 Å². The molecule has 1 aliphatic carbocycles. The number of nitrogen functional groups attached to an aromatic ring is 1. The second-order valence-corrected chi connectivity index (χ2v) is 10.5. The monoisotopic (exact) mass is 525 g/mol.